The number of phosphoric acid groups is 1. The fourth-order valence-electron chi connectivity index (χ4n) is 2.12. The predicted octanol–water partition coefficient (Wildman–Crippen LogP) is 1.17. The first-order valence-electron chi connectivity index (χ1n) is 7.74. The Morgan fingerprint density at radius 1 is 0.850 bits per heavy atom. The van der Waals surface area contributed by atoms with Crippen LogP contribution in [0.15, 0.2) is 0 Å². The van der Waals surface area contributed by atoms with E-state index in [-0.39, 0.29) is 58.0 Å². The van der Waals surface area contributed by atoms with Crippen molar-refractivity contribution >= 4 is 7.82 Å². The van der Waals surface area contributed by atoms with Gasteiger partial charge in [0.2, 0.25) is 0 Å². The van der Waals surface area contributed by atoms with E-state index >= 15 is 0 Å². The third kappa shape index (κ3) is 22.0. The van der Waals surface area contributed by atoms with Gasteiger partial charge in [-0.15, -0.1) is 0 Å². The van der Waals surface area contributed by atoms with E-state index in [0.717, 1.165) is 12.8 Å². The SMILES string of the molecule is CCCCCCCCCCCCCCOP(=O)([O-])O.[K+]. The Balaban J connectivity index is 0. The Labute approximate surface area is 167 Å². The number of unbranched alkanes of at least 4 members (excludes halogenated alkanes) is 11. The Hall–Kier alpha value is 1.75. The van der Waals surface area contributed by atoms with Gasteiger partial charge in [0.1, 0.15) is 0 Å². The van der Waals surface area contributed by atoms with Gasteiger partial charge in [-0.2, -0.15) is 0 Å². The molecule has 1 atom stereocenters. The predicted molar refractivity (Wildman–Crippen MR) is 76.9 cm³/mol. The summed E-state index contributed by atoms with van der Waals surface area (Å²) in [6, 6.07) is 0. The van der Waals surface area contributed by atoms with Gasteiger partial charge in [0, 0.05) is 0 Å². The first kappa shape index (κ1) is 24.0. The van der Waals surface area contributed by atoms with Crippen LogP contribution in [0, 0.1) is 0 Å². The van der Waals surface area contributed by atoms with Crippen molar-refractivity contribution in [1.82, 2.24) is 0 Å². The molecular formula is C14H30KO4P. The summed E-state index contributed by atoms with van der Waals surface area (Å²) in [4.78, 5) is 18.7. The molecule has 0 saturated heterocycles. The third-order valence-corrected chi connectivity index (χ3v) is 3.76. The van der Waals surface area contributed by atoms with Crippen LogP contribution in [0.4, 0.5) is 0 Å². The van der Waals surface area contributed by atoms with E-state index in [9.17, 15) is 9.46 Å². The quantitative estimate of drug-likeness (QED) is 0.294. The van der Waals surface area contributed by atoms with E-state index in [2.05, 4.69) is 11.4 Å². The van der Waals surface area contributed by atoms with Gasteiger partial charge in [0.25, 0.3) is 7.82 Å². The molecule has 6 heteroatoms. The maximum absolute atomic E-state index is 10.3. The number of rotatable bonds is 14. The van der Waals surface area contributed by atoms with E-state index in [4.69, 9.17) is 4.89 Å². The summed E-state index contributed by atoms with van der Waals surface area (Å²) < 4.78 is 14.6. The summed E-state index contributed by atoms with van der Waals surface area (Å²) in [6.07, 6.45) is 14.7. The second-order valence-electron chi connectivity index (χ2n) is 5.19. The molecule has 0 rings (SSSR count). The monoisotopic (exact) mass is 332 g/mol. The number of hydrogen-bond acceptors (Lipinski definition) is 3. The van der Waals surface area contributed by atoms with Crippen molar-refractivity contribution in [3.8, 4) is 0 Å². The minimum atomic E-state index is -4.50. The zero-order valence-electron chi connectivity index (χ0n) is 13.3. The van der Waals surface area contributed by atoms with Gasteiger partial charge in [-0.3, -0.25) is 4.57 Å². The molecule has 20 heavy (non-hydrogen) atoms. The van der Waals surface area contributed by atoms with Crippen molar-refractivity contribution in [2.75, 3.05) is 6.61 Å². The second-order valence-corrected chi connectivity index (χ2v) is 6.39. The summed E-state index contributed by atoms with van der Waals surface area (Å²) in [7, 11) is -4.50. The van der Waals surface area contributed by atoms with Gasteiger partial charge >= 0.3 is 51.4 Å². The van der Waals surface area contributed by atoms with Gasteiger partial charge in [-0.25, -0.2) is 0 Å². The van der Waals surface area contributed by atoms with Crippen molar-refractivity contribution in [1.29, 1.82) is 0 Å². The summed E-state index contributed by atoms with van der Waals surface area (Å²) in [5.74, 6) is 0. The zero-order chi connectivity index (χ0) is 14.4. The van der Waals surface area contributed by atoms with Crippen molar-refractivity contribution in [2.24, 2.45) is 0 Å². The minimum Gasteiger partial charge on any atom is -0.756 e. The van der Waals surface area contributed by atoms with Gasteiger partial charge in [-0.1, -0.05) is 77.6 Å². The maximum Gasteiger partial charge on any atom is 1.00 e. The fourth-order valence-corrected chi connectivity index (χ4v) is 2.48. The largest absolute Gasteiger partial charge is 1.00 e. The number of phosphoric ester groups is 1. The van der Waals surface area contributed by atoms with Gasteiger partial charge in [0.15, 0.2) is 0 Å². The standard InChI is InChI=1S/C14H31O4P.K/c1-2-3-4-5-6-7-8-9-10-11-12-13-14-18-19(15,16)17;/h2-14H2,1H3,(H2,15,16,17);/q;+1/p-1. The van der Waals surface area contributed by atoms with Gasteiger partial charge in [0.05, 0.1) is 6.61 Å². The van der Waals surface area contributed by atoms with Crippen molar-refractivity contribution in [3.63, 3.8) is 0 Å². The smallest absolute Gasteiger partial charge is 0.756 e. The molecular weight excluding hydrogens is 302 g/mol. The molecule has 4 nitrogen and oxygen atoms in total. The van der Waals surface area contributed by atoms with Crippen molar-refractivity contribution in [2.45, 2.75) is 84.0 Å². The molecule has 0 aromatic heterocycles. The fraction of sp³-hybridized carbons (Fsp3) is 1.00. The molecule has 0 aliphatic rings. The van der Waals surface area contributed by atoms with Crippen molar-refractivity contribution < 1.29 is 70.3 Å². The summed E-state index contributed by atoms with van der Waals surface area (Å²) in [5, 5.41) is 0. The minimum absolute atomic E-state index is 0. The van der Waals surface area contributed by atoms with Crippen LogP contribution in [0.3, 0.4) is 0 Å². The summed E-state index contributed by atoms with van der Waals surface area (Å²) in [5.41, 5.74) is 0. The summed E-state index contributed by atoms with van der Waals surface area (Å²) in [6.45, 7) is 2.34. The molecule has 116 valence electrons. The molecule has 0 aliphatic heterocycles. The third-order valence-electron chi connectivity index (χ3n) is 3.25. The molecule has 1 N–H and O–H groups in total. The first-order chi connectivity index (χ1) is 9.06. The molecule has 0 radical (unpaired) electrons. The molecule has 0 fully saturated rings. The van der Waals surface area contributed by atoms with Gasteiger partial charge < -0.3 is 14.3 Å². The maximum atomic E-state index is 10.3. The van der Waals surface area contributed by atoms with Crippen LogP contribution in [-0.4, -0.2) is 11.5 Å². The van der Waals surface area contributed by atoms with Crippen LogP contribution in [0.1, 0.15) is 84.0 Å². The Kier molecular flexibility index (Phi) is 20.5. The van der Waals surface area contributed by atoms with E-state index in [1.165, 1.54) is 57.8 Å². The van der Waals surface area contributed by atoms with Crippen LogP contribution in [0.25, 0.3) is 0 Å². The van der Waals surface area contributed by atoms with Crippen LogP contribution in [-0.2, 0) is 9.09 Å². The molecule has 0 aliphatic carbocycles. The number of hydrogen-bond donors (Lipinski definition) is 1. The molecule has 1 unspecified atom stereocenters. The van der Waals surface area contributed by atoms with Crippen LogP contribution < -0.4 is 56.3 Å². The topological polar surface area (TPSA) is 69.6 Å². The normalized spacial score (nSPS) is 13.8. The Morgan fingerprint density at radius 3 is 1.55 bits per heavy atom. The van der Waals surface area contributed by atoms with E-state index in [0.29, 0.717) is 6.42 Å². The average Bonchev–Trinajstić information content (AvgIpc) is 2.34. The molecule has 0 heterocycles. The van der Waals surface area contributed by atoms with Crippen LogP contribution >= 0.6 is 7.82 Å². The van der Waals surface area contributed by atoms with Crippen LogP contribution in [0.5, 0.6) is 0 Å². The molecule has 0 aromatic rings. The molecule has 0 bridgehead atoms. The first-order valence-corrected chi connectivity index (χ1v) is 9.24. The van der Waals surface area contributed by atoms with E-state index < -0.39 is 7.82 Å². The molecule has 0 saturated carbocycles. The van der Waals surface area contributed by atoms with E-state index in [1.54, 1.807) is 0 Å². The molecule has 0 amide bonds. The molecule has 0 spiro atoms. The van der Waals surface area contributed by atoms with E-state index in [1.807, 2.05) is 0 Å². The second kappa shape index (κ2) is 17.1. The average molecular weight is 332 g/mol. The zero-order valence-corrected chi connectivity index (χ0v) is 17.3. The summed E-state index contributed by atoms with van der Waals surface area (Å²) >= 11 is 0. The van der Waals surface area contributed by atoms with Crippen LogP contribution in [0.2, 0.25) is 0 Å². The molecule has 0 aromatic carbocycles. The van der Waals surface area contributed by atoms with Crippen molar-refractivity contribution in [3.05, 3.63) is 0 Å². The Bertz CT molecular complexity index is 233. The van der Waals surface area contributed by atoms with Gasteiger partial charge in [-0.05, 0) is 6.42 Å². The Morgan fingerprint density at radius 2 is 1.20 bits per heavy atom.